The lowest BCUT2D eigenvalue weighted by Crippen LogP contribution is -2.10. The summed E-state index contributed by atoms with van der Waals surface area (Å²) in [5.74, 6) is -0.346. The standard InChI is InChI=1S/C15H15ClN2O2/c1-9(2)14-12(15(19)20)8-17-13(18-14)7-10-3-5-11(16)6-4-10/h3-6,8-9H,7H2,1-2H3,(H,19,20). The van der Waals surface area contributed by atoms with Gasteiger partial charge in [-0.25, -0.2) is 14.8 Å². The predicted octanol–water partition coefficient (Wildman–Crippen LogP) is 3.54. The monoisotopic (exact) mass is 290 g/mol. The van der Waals surface area contributed by atoms with Gasteiger partial charge in [0.05, 0.1) is 11.3 Å². The number of benzene rings is 1. The van der Waals surface area contributed by atoms with Gasteiger partial charge in [-0.3, -0.25) is 0 Å². The van der Waals surface area contributed by atoms with E-state index in [0.717, 1.165) is 5.56 Å². The fourth-order valence-corrected chi connectivity index (χ4v) is 2.03. The summed E-state index contributed by atoms with van der Waals surface area (Å²) >= 11 is 5.84. The predicted molar refractivity (Wildman–Crippen MR) is 77.3 cm³/mol. The van der Waals surface area contributed by atoms with E-state index in [1.807, 2.05) is 38.1 Å². The summed E-state index contributed by atoms with van der Waals surface area (Å²) in [7, 11) is 0. The minimum atomic E-state index is -0.994. The molecule has 2 rings (SSSR count). The van der Waals surface area contributed by atoms with E-state index in [2.05, 4.69) is 9.97 Å². The quantitative estimate of drug-likeness (QED) is 0.935. The Bertz CT molecular complexity index is 624. The van der Waals surface area contributed by atoms with Crippen LogP contribution in [-0.4, -0.2) is 21.0 Å². The molecule has 1 heterocycles. The van der Waals surface area contributed by atoms with Crippen molar-refractivity contribution in [2.45, 2.75) is 26.2 Å². The molecule has 0 aliphatic heterocycles. The van der Waals surface area contributed by atoms with Gasteiger partial charge in [0, 0.05) is 17.6 Å². The number of hydrogen-bond donors (Lipinski definition) is 1. The average Bonchev–Trinajstić information content (AvgIpc) is 2.41. The lowest BCUT2D eigenvalue weighted by atomic mass is 10.0. The van der Waals surface area contributed by atoms with Gasteiger partial charge in [-0.15, -0.1) is 0 Å². The number of aromatic nitrogens is 2. The smallest absolute Gasteiger partial charge is 0.339 e. The molecule has 4 nitrogen and oxygen atoms in total. The van der Waals surface area contributed by atoms with Gasteiger partial charge in [0.25, 0.3) is 0 Å². The first-order chi connectivity index (χ1) is 9.47. The van der Waals surface area contributed by atoms with Crippen LogP contribution in [-0.2, 0) is 6.42 Å². The molecule has 5 heteroatoms. The third kappa shape index (κ3) is 3.33. The lowest BCUT2D eigenvalue weighted by molar-refractivity contribution is 0.0694. The van der Waals surface area contributed by atoms with Crippen LogP contribution in [0.1, 0.15) is 47.2 Å². The number of halogens is 1. The normalized spacial score (nSPS) is 10.8. The van der Waals surface area contributed by atoms with Crippen LogP contribution in [0.4, 0.5) is 0 Å². The Morgan fingerprint density at radius 3 is 2.50 bits per heavy atom. The van der Waals surface area contributed by atoms with Crippen LogP contribution in [0, 0.1) is 0 Å². The third-order valence-corrected chi connectivity index (χ3v) is 3.17. The van der Waals surface area contributed by atoms with Crippen molar-refractivity contribution in [3.05, 3.63) is 58.1 Å². The van der Waals surface area contributed by atoms with Gasteiger partial charge >= 0.3 is 5.97 Å². The highest BCUT2D eigenvalue weighted by Crippen LogP contribution is 2.18. The van der Waals surface area contributed by atoms with Crippen LogP contribution < -0.4 is 0 Å². The zero-order chi connectivity index (χ0) is 14.7. The van der Waals surface area contributed by atoms with Gasteiger partial charge in [-0.05, 0) is 23.6 Å². The van der Waals surface area contributed by atoms with Crippen molar-refractivity contribution in [2.75, 3.05) is 0 Å². The number of hydrogen-bond acceptors (Lipinski definition) is 3. The van der Waals surface area contributed by atoms with Crippen molar-refractivity contribution < 1.29 is 9.90 Å². The molecule has 0 radical (unpaired) electrons. The maximum absolute atomic E-state index is 11.1. The van der Waals surface area contributed by atoms with Crippen molar-refractivity contribution in [3.63, 3.8) is 0 Å². The second-order valence-electron chi connectivity index (χ2n) is 4.85. The molecule has 0 aliphatic carbocycles. The number of rotatable bonds is 4. The van der Waals surface area contributed by atoms with Gasteiger partial charge < -0.3 is 5.11 Å². The van der Waals surface area contributed by atoms with E-state index >= 15 is 0 Å². The molecule has 0 fully saturated rings. The molecule has 0 saturated carbocycles. The average molecular weight is 291 g/mol. The Morgan fingerprint density at radius 2 is 1.95 bits per heavy atom. The molecule has 104 valence electrons. The minimum Gasteiger partial charge on any atom is -0.478 e. The van der Waals surface area contributed by atoms with Crippen LogP contribution in [0.5, 0.6) is 0 Å². The van der Waals surface area contributed by atoms with Gasteiger partial charge in [0.1, 0.15) is 5.82 Å². The van der Waals surface area contributed by atoms with Gasteiger partial charge in [-0.1, -0.05) is 37.6 Å². The Labute approximate surface area is 122 Å². The van der Waals surface area contributed by atoms with Gasteiger partial charge in [0.15, 0.2) is 0 Å². The Morgan fingerprint density at radius 1 is 1.30 bits per heavy atom. The second kappa shape index (κ2) is 6.01. The van der Waals surface area contributed by atoms with Gasteiger partial charge in [-0.2, -0.15) is 0 Å². The summed E-state index contributed by atoms with van der Waals surface area (Å²) in [6.07, 6.45) is 1.94. The minimum absolute atomic E-state index is 0.0352. The van der Waals surface area contributed by atoms with Crippen LogP contribution in [0.15, 0.2) is 30.5 Å². The maximum Gasteiger partial charge on any atom is 0.339 e. The first kappa shape index (κ1) is 14.5. The second-order valence-corrected chi connectivity index (χ2v) is 5.28. The van der Waals surface area contributed by atoms with Crippen LogP contribution >= 0.6 is 11.6 Å². The Balaban J connectivity index is 2.31. The highest BCUT2D eigenvalue weighted by Gasteiger charge is 2.16. The van der Waals surface area contributed by atoms with E-state index in [4.69, 9.17) is 16.7 Å². The van der Waals surface area contributed by atoms with Crippen molar-refractivity contribution in [2.24, 2.45) is 0 Å². The molecule has 0 spiro atoms. The first-order valence-electron chi connectivity index (χ1n) is 6.31. The van der Waals surface area contributed by atoms with Crippen molar-refractivity contribution in [1.82, 2.24) is 9.97 Å². The molecule has 0 aliphatic rings. The highest BCUT2D eigenvalue weighted by molar-refractivity contribution is 6.30. The van der Waals surface area contributed by atoms with E-state index in [1.165, 1.54) is 6.20 Å². The van der Waals surface area contributed by atoms with Crippen LogP contribution in [0.3, 0.4) is 0 Å². The van der Waals surface area contributed by atoms with Crippen molar-refractivity contribution >= 4 is 17.6 Å². The summed E-state index contributed by atoms with van der Waals surface area (Å²) in [5.41, 5.74) is 1.77. The lowest BCUT2D eigenvalue weighted by Gasteiger charge is -2.10. The largest absolute Gasteiger partial charge is 0.478 e. The molecular formula is C15H15ClN2O2. The zero-order valence-corrected chi connectivity index (χ0v) is 12.1. The molecule has 0 amide bonds. The fourth-order valence-electron chi connectivity index (χ4n) is 1.91. The van der Waals surface area contributed by atoms with Crippen LogP contribution in [0.25, 0.3) is 0 Å². The molecule has 2 aromatic rings. The summed E-state index contributed by atoms with van der Waals surface area (Å²) < 4.78 is 0. The summed E-state index contributed by atoms with van der Waals surface area (Å²) in [4.78, 5) is 19.7. The van der Waals surface area contributed by atoms with Gasteiger partial charge in [0.2, 0.25) is 0 Å². The third-order valence-electron chi connectivity index (χ3n) is 2.92. The Hall–Kier alpha value is -1.94. The van der Waals surface area contributed by atoms with E-state index in [1.54, 1.807) is 0 Å². The summed E-state index contributed by atoms with van der Waals surface area (Å²) in [5, 5.41) is 9.81. The molecule has 0 unspecified atom stereocenters. The molecule has 0 saturated heterocycles. The molecule has 20 heavy (non-hydrogen) atoms. The number of carboxylic acids is 1. The number of carbonyl (C=O) groups is 1. The van der Waals surface area contributed by atoms with E-state index in [-0.39, 0.29) is 11.5 Å². The topological polar surface area (TPSA) is 63.1 Å². The first-order valence-corrected chi connectivity index (χ1v) is 6.68. The highest BCUT2D eigenvalue weighted by atomic mass is 35.5. The van der Waals surface area contributed by atoms with Crippen LogP contribution in [0.2, 0.25) is 5.02 Å². The van der Waals surface area contributed by atoms with Crippen molar-refractivity contribution in [3.8, 4) is 0 Å². The fraction of sp³-hybridized carbons (Fsp3) is 0.267. The van der Waals surface area contributed by atoms with Crippen molar-refractivity contribution in [1.29, 1.82) is 0 Å². The van der Waals surface area contributed by atoms with E-state index in [9.17, 15) is 4.79 Å². The summed E-state index contributed by atoms with van der Waals surface area (Å²) in [6.45, 7) is 3.84. The molecule has 1 aromatic carbocycles. The molecular weight excluding hydrogens is 276 g/mol. The molecule has 0 atom stereocenters. The SMILES string of the molecule is CC(C)c1nc(Cc2ccc(Cl)cc2)ncc1C(=O)O. The molecule has 1 N–H and O–H groups in total. The molecule has 0 bridgehead atoms. The van der Waals surface area contributed by atoms with E-state index in [0.29, 0.717) is 23.0 Å². The zero-order valence-electron chi connectivity index (χ0n) is 11.3. The maximum atomic E-state index is 11.1. The number of nitrogens with zero attached hydrogens (tertiary/aromatic N) is 2. The summed E-state index contributed by atoms with van der Waals surface area (Å²) in [6, 6.07) is 7.44. The van der Waals surface area contributed by atoms with E-state index < -0.39 is 5.97 Å². The number of carboxylic acid groups (broad SMARTS) is 1. The molecule has 1 aromatic heterocycles. The number of aromatic carboxylic acids is 1. The Kier molecular flexibility index (Phi) is 4.35.